The minimum atomic E-state index is -0.0181. The third-order valence-corrected chi connectivity index (χ3v) is 6.86. The minimum Gasteiger partial charge on any atom is -0.353 e. The standard InChI is InChI=1S/C21H23ClN4OS/c1-12(2)20(27)24-14-4-6-19-17(8-14)16-7-13(9-23)3-5-18(16)26(19)10-15-11-28-21(22)25-15/h3,5,7,12,14-15H,4,6,8,10-11H2,1-2H3,(H,24,27). The van der Waals surface area contributed by atoms with Crippen LogP contribution in [0.4, 0.5) is 0 Å². The summed E-state index contributed by atoms with van der Waals surface area (Å²) in [5, 5.41) is 13.7. The van der Waals surface area contributed by atoms with Gasteiger partial charge in [-0.25, -0.2) is 0 Å². The molecule has 1 amide bonds. The fraction of sp³-hybridized carbons (Fsp3) is 0.476. The number of aromatic nitrogens is 1. The van der Waals surface area contributed by atoms with Crippen LogP contribution >= 0.6 is 23.4 Å². The molecule has 146 valence electrons. The zero-order chi connectivity index (χ0) is 19.8. The van der Waals surface area contributed by atoms with Gasteiger partial charge in [0.1, 0.15) is 0 Å². The van der Waals surface area contributed by atoms with Gasteiger partial charge in [0, 0.05) is 40.9 Å². The summed E-state index contributed by atoms with van der Waals surface area (Å²) in [6, 6.07) is 8.47. The first-order valence-electron chi connectivity index (χ1n) is 9.66. The van der Waals surface area contributed by atoms with Gasteiger partial charge in [-0.15, -0.1) is 0 Å². The average Bonchev–Trinajstić information content (AvgIpc) is 3.23. The summed E-state index contributed by atoms with van der Waals surface area (Å²) in [4.78, 5) is 16.7. The number of aliphatic imine (C=N–C) groups is 1. The summed E-state index contributed by atoms with van der Waals surface area (Å²) in [6.45, 7) is 4.63. The fourth-order valence-electron chi connectivity index (χ4n) is 4.11. The van der Waals surface area contributed by atoms with Crippen molar-refractivity contribution in [1.82, 2.24) is 9.88 Å². The van der Waals surface area contributed by atoms with Gasteiger partial charge < -0.3 is 9.88 Å². The molecular formula is C21H23ClN4OS. The van der Waals surface area contributed by atoms with Crippen molar-refractivity contribution in [3.63, 3.8) is 0 Å². The first-order chi connectivity index (χ1) is 13.5. The number of halogens is 1. The molecule has 1 aromatic carbocycles. The van der Waals surface area contributed by atoms with E-state index in [1.807, 2.05) is 32.0 Å². The molecule has 2 aromatic rings. The quantitative estimate of drug-likeness (QED) is 0.825. The molecule has 2 aliphatic rings. The molecule has 0 radical (unpaired) electrons. The van der Waals surface area contributed by atoms with Crippen LogP contribution in [0.2, 0.25) is 0 Å². The van der Waals surface area contributed by atoms with Gasteiger partial charge in [-0.05, 0) is 43.0 Å². The number of rotatable bonds is 4. The van der Waals surface area contributed by atoms with E-state index in [1.54, 1.807) is 11.8 Å². The Labute approximate surface area is 174 Å². The Morgan fingerprint density at radius 3 is 3.00 bits per heavy atom. The lowest BCUT2D eigenvalue weighted by Crippen LogP contribution is -2.41. The number of nitriles is 1. The predicted octanol–water partition coefficient (Wildman–Crippen LogP) is 3.85. The van der Waals surface area contributed by atoms with Crippen molar-refractivity contribution in [2.45, 2.75) is 51.7 Å². The first kappa shape index (κ1) is 19.4. The third-order valence-electron chi connectivity index (χ3n) is 5.54. The van der Waals surface area contributed by atoms with Crippen LogP contribution < -0.4 is 5.32 Å². The smallest absolute Gasteiger partial charge is 0.222 e. The van der Waals surface area contributed by atoms with Crippen molar-refractivity contribution in [2.75, 3.05) is 5.75 Å². The molecule has 0 bridgehead atoms. The second-order valence-corrected chi connectivity index (χ2v) is 9.42. The van der Waals surface area contributed by atoms with Crippen LogP contribution in [0.1, 0.15) is 37.1 Å². The maximum atomic E-state index is 12.2. The zero-order valence-electron chi connectivity index (χ0n) is 16.0. The third kappa shape index (κ3) is 3.66. The van der Waals surface area contributed by atoms with Crippen molar-refractivity contribution in [2.24, 2.45) is 10.9 Å². The van der Waals surface area contributed by atoms with E-state index in [4.69, 9.17) is 11.6 Å². The summed E-state index contributed by atoms with van der Waals surface area (Å²) in [6.07, 6.45) is 2.64. The Bertz CT molecular complexity index is 1000. The molecule has 2 unspecified atom stereocenters. The van der Waals surface area contributed by atoms with Gasteiger partial charge in [0.15, 0.2) is 4.50 Å². The second-order valence-electron chi connectivity index (χ2n) is 7.83. The molecule has 4 rings (SSSR count). The number of amides is 1. The molecule has 5 nitrogen and oxygen atoms in total. The SMILES string of the molecule is CC(C)C(=O)NC1CCc2c(c3cc(C#N)ccc3n2CC2CSC(Cl)=N2)C1. The van der Waals surface area contributed by atoms with Crippen molar-refractivity contribution in [1.29, 1.82) is 5.26 Å². The average molecular weight is 415 g/mol. The number of carbonyl (C=O) groups excluding carboxylic acids is 1. The van der Waals surface area contributed by atoms with Gasteiger partial charge in [-0.3, -0.25) is 9.79 Å². The van der Waals surface area contributed by atoms with Gasteiger partial charge in [0.05, 0.1) is 17.7 Å². The van der Waals surface area contributed by atoms with Gasteiger partial charge in [0.25, 0.3) is 0 Å². The maximum Gasteiger partial charge on any atom is 0.222 e. The monoisotopic (exact) mass is 414 g/mol. The normalized spacial score (nSPS) is 21.5. The van der Waals surface area contributed by atoms with E-state index < -0.39 is 0 Å². The van der Waals surface area contributed by atoms with Crippen LogP contribution in [0.25, 0.3) is 10.9 Å². The number of hydrogen-bond donors (Lipinski definition) is 1. The van der Waals surface area contributed by atoms with Gasteiger partial charge >= 0.3 is 0 Å². The van der Waals surface area contributed by atoms with E-state index in [1.165, 1.54) is 11.3 Å². The Morgan fingerprint density at radius 2 is 2.32 bits per heavy atom. The molecule has 1 aliphatic carbocycles. The van der Waals surface area contributed by atoms with Crippen molar-refractivity contribution < 1.29 is 4.79 Å². The molecule has 0 saturated carbocycles. The molecule has 28 heavy (non-hydrogen) atoms. The summed E-state index contributed by atoms with van der Waals surface area (Å²) >= 11 is 7.67. The van der Waals surface area contributed by atoms with E-state index >= 15 is 0 Å². The molecule has 2 atom stereocenters. The predicted molar refractivity (Wildman–Crippen MR) is 115 cm³/mol. The molecule has 0 spiro atoms. The molecule has 0 fully saturated rings. The molecule has 7 heteroatoms. The molecule has 2 heterocycles. The summed E-state index contributed by atoms with van der Waals surface area (Å²) in [5.41, 5.74) is 4.37. The summed E-state index contributed by atoms with van der Waals surface area (Å²) in [5.74, 6) is 0.980. The van der Waals surface area contributed by atoms with Crippen LogP contribution in [-0.4, -0.2) is 32.8 Å². The van der Waals surface area contributed by atoms with E-state index in [-0.39, 0.29) is 23.9 Å². The van der Waals surface area contributed by atoms with Crippen molar-refractivity contribution >= 4 is 44.7 Å². The summed E-state index contributed by atoms with van der Waals surface area (Å²) < 4.78 is 3.00. The highest BCUT2D eigenvalue weighted by atomic mass is 35.5. The Hall–Kier alpha value is -1.97. The van der Waals surface area contributed by atoms with Crippen LogP contribution in [0, 0.1) is 17.2 Å². The number of nitrogens with zero attached hydrogens (tertiary/aromatic N) is 3. The lowest BCUT2D eigenvalue weighted by molar-refractivity contribution is -0.124. The highest BCUT2D eigenvalue weighted by molar-refractivity contribution is 8.17. The molecule has 1 N–H and O–H groups in total. The van der Waals surface area contributed by atoms with Gasteiger partial charge in [-0.1, -0.05) is 37.2 Å². The maximum absolute atomic E-state index is 12.2. The van der Waals surface area contributed by atoms with Gasteiger partial charge in [-0.2, -0.15) is 5.26 Å². The number of thioether (sulfide) groups is 1. The fourth-order valence-corrected chi connectivity index (χ4v) is 5.17. The molecule has 1 aliphatic heterocycles. The number of benzene rings is 1. The molecular weight excluding hydrogens is 392 g/mol. The number of fused-ring (bicyclic) bond motifs is 3. The van der Waals surface area contributed by atoms with Crippen molar-refractivity contribution in [3.8, 4) is 6.07 Å². The first-order valence-corrected chi connectivity index (χ1v) is 11.0. The lowest BCUT2D eigenvalue weighted by atomic mass is 9.90. The van der Waals surface area contributed by atoms with E-state index in [0.29, 0.717) is 10.1 Å². The largest absolute Gasteiger partial charge is 0.353 e. The minimum absolute atomic E-state index is 0.0181. The van der Waals surface area contributed by atoms with Crippen LogP contribution in [0.3, 0.4) is 0 Å². The van der Waals surface area contributed by atoms with Crippen molar-refractivity contribution in [3.05, 3.63) is 35.0 Å². The molecule has 0 saturated heterocycles. The Balaban J connectivity index is 1.71. The van der Waals surface area contributed by atoms with Gasteiger partial charge in [0.2, 0.25) is 5.91 Å². The lowest BCUT2D eigenvalue weighted by Gasteiger charge is -2.26. The highest BCUT2D eigenvalue weighted by Gasteiger charge is 2.28. The highest BCUT2D eigenvalue weighted by Crippen LogP contribution is 2.34. The van der Waals surface area contributed by atoms with E-state index in [2.05, 4.69) is 20.9 Å². The second kappa shape index (κ2) is 7.81. The van der Waals surface area contributed by atoms with Crippen LogP contribution in [-0.2, 0) is 24.2 Å². The van der Waals surface area contributed by atoms with E-state index in [9.17, 15) is 10.1 Å². The van der Waals surface area contributed by atoms with Crippen LogP contribution in [0.15, 0.2) is 23.2 Å². The Kier molecular flexibility index (Phi) is 5.39. The van der Waals surface area contributed by atoms with E-state index in [0.717, 1.165) is 42.5 Å². The summed E-state index contributed by atoms with van der Waals surface area (Å²) in [7, 11) is 0. The topological polar surface area (TPSA) is 70.2 Å². The van der Waals surface area contributed by atoms with Crippen LogP contribution in [0.5, 0.6) is 0 Å². The number of carbonyl (C=O) groups is 1. The zero-order valence-corrected chi connectivity index (χ0v) is 17.6. The number of nitrogens with one attached hydrogen (secondary N) is 1. The Morgan fingerprint density at radius 1 is 1.50 bits per heavy atom. The number of hydrogen-bond acceptors (Lipinski definition) is 4. The molecule has 1 aromatic heterocycles.